The first-order chi connectivity index (χ1) is 12.0. The summed E-state index contributed by atoms with van der Waals surface area (Å²) in [5.74, 6) is -0.727. The Morgan fingerprint density at radius 3 is 2.48 bits per heavy atom. The van der Waals surface area contributed by atoms with E-state index in [1.54, 1.807) is 43.4 Å². The predicted octanol–water partition coefficient (Wildman–Crippen LogP) is 3.28. The molecule has 0 aliphatic carbocycles. The monoisotopic (exact) mass is 331 g/mol. The van der Waals surface area contributed by atoms with Crippen LogP contribution in [0.3, 0.4) is 0 Å². The van der Waals surface area contributed by atoms with Crippen LogP contribution < -0.4 is 4.90 Å². The molecule has 0 bridgehead atoms. The van der Waals surface area contributed by atoms with Crippen LogP contribution in [0.2, 0.25) is 0 Å². The van der Waals surface area contributed by atoms with E-state index >= 15 is 0 Å². The van der Waals surface area contributed by atoms with Crippen LogP contribution in [0.1, 0.15) is 22.3 Å². The van der Waals surface area contributed by atoms with Crippen LogP contribution in [0.15, 0.2) is 66.7 Å². The van der Waals surface area contributed by atoms with Gasteiger partial charge in [-0.3, -0.25) is 9.59 Å². The number of rotatable bonds is 3. The van der Waals surface area contributed by atoms with Gasteiger partial charge in [-0.05, 0) is 22.9 Å². The van der Waals surface area contributed by atoms with Crippen LogP contribution in [0.25, 0.3) is 10.8 Å². The van der Waals surface area contributed by atoms with Gasteiger partial charge in [-0.15, -0.1) is 0 Å². The summed E-state index contributed by atoms with van der Waals surface area (Å²) in [7, 11) is 1.61. The predicted molar refractivity (Wildman–Crippen MR) is 96.6 cm³/mol. The molecule has 0 unspecified atom stereocenters. The van der Waals surface area contributed by atoms with Gasteiger partial charge in [-0.2, -0.15) is 0 Å². The third kappa shape index (κ3) is 2.34. The first kappa shape index (κ1) is 15.5. The molecule has 25 heavy (non-hydrogen) atoms. The largest absolute Gasteiger partial charge is 0.375 e. The minimum Gasteiger partial charge on any atom is -0.375 e. The van der Waals surface area contributed by atoms with Gasteiger partial charge < -0.3 is 10.0 Å². The van der Waals surface area contributed by atoms with Gasteiger partial charge in [0.1, 0.15) is 0 Å². The molecule has 0 aromatic heterocycles. The lowest BCUT2D eigenvalue weighted by atomic mass is 9.88. The lowest BCUT2D eigenvalue weighted by Crippen LogP contribution is -2.40. The number of nitrogens with zero attached hydrogens (tertiary/aromatic N) is 1. The number of para-hydroxylation sites is 1. The van der Waals surface area contributed by atoms with E-state index in [9.17, 15) is 14.7 Å². The van der Waals surface area contributed by atoms with Crippen LogP contribution in [0, 0.1) is 0 Å². The van der Waals surface area contributed by atoms with Gasteiger partial charge in [0.2, 0.25) is 0 Å². The molecule has 0 spiro atoms. The number of ketones is 1. The van der Waals surface area contributed by atoms with E-state index < -0.39 is 11.5 Å². The number of amides is 1. The van der Waals surface area contributed by atoms with E-state index in [1.807, 2.05) is 30.3 Å². The molecule has 1 atom stereocenters. The summed E-state index contributed by atoms with van der Waals surface area (Å²) < 4.78 is 0. The van der Waals surface area contributed by atoms with Crippen molar-refractivity contribution in [2.45, 2.75) is 12.0 Å². The minimum absolute atomic E-state index is 0.258. The van der Waals surface area contributed by atoms with Crippen molar-refractivity contribution in [1.29, 1.82) is 0 Å². The van der Waals surface area contributed by atoms with Crippen LogP contribution in [-0.2, 0) is 10.4 Å². The lowest BCUT2D eigenvalue weighted by molar-refractivity contribution is -0.135. The Morgan fingerprint density at radius 2 is 1.68 bits per heavy atom. The molecule has 1 amide bonds. The Hall–Kier alpha value is -2.98. The van der Waals surface area contributed by atoms with Crippen molar-refractivity contribution in [3.8, 4) is 0 Å². The van der Waals surface area contributed by atoms with Crippen molar-refractivity contribution in [3.63, 3.8) is 0 Å². The zero-order valence-electron chi connectivity index (χ0n) is 13.8. The molecule has 1 N–H and O–H groups in total. The van der Waals surface area contributed by atoms with Gasteiger partial charge in [0.05, 0.1) is 12.1 Å². The van der Waals surface area contributed by atoms with Gasteiger partial charge >= 0.3 is 0 Å². The van der Waals surface area contributed by atoms with Crippen molar-refractivity contribution >= 4 is 28.2 Å². The average molecular weight is 331 g/mol. The molecule has 4 nitrogen and oxygen atoms in total. The molecular weight excluding hydrogens is 314 g/mol. The Labute approximate surface area is 145 Å². The second-order valence-corrected chi connectivity index (χ2v) is 6.40. The molecule has 1 aliphatic rings. The molecule has 0 fully saturated rings. The molecule has 124 valence electrons. The van der Waals surface area contributed by atoms with E-state index in [0.29, 0.717) is 16.8 Å². The number of likely N-dealkylation sites (N-methyl/N-ethyl adjacent to an activating group) is 1. The quantitative estimate of drug-likeness (QED) is 0.749. The second-order valence-electron chi connectivity index (χ2n) is 6.40. The van der Waals surface area contributed by atoms with Gasteiger partial charge in [0, 0.05) is 18.2 Å². The third-order valence-electron chi connectivity index (χ3n) is 4.86. The summed E-state index contributed by atoms with van der Waals surface area (Å²) in [6, 6.07) is 20.2. The summed E-state index contributed by atoms with van der Waals surface area (Å²) in [6.45, 7) is 0. The molecule has 0 radical (unpaired) electrons. The fourth-order valence-electron chi connectivity index (χ4n) is 3.49. The SMILES string of the molecule is CN1C(=O)[C@@](O)(CC(=O)c2ccc3ccccc3c2)c2ccccc21. The zero-order chi connectivity index (χ0) is 17.6. The Morgan fingerprint density at radius 1 is 1.00 bits per heavy atom. The number of anilines is 1. The number of Topliss-reactive ketones (excluding diaryl/α,β-unsaturated/α-hetero) is 1. The van der Waals surface area contributed by atoms with Gasteiger partial charge in [-0.1, -0.05) is 54.6 Å². The molecule has 3 aromatic rings. The first-order valence-corrected chi connectivity index (χ1v) is 8.13. The zero-order valence-corrected chi connectivity index (χ0v) is 13.8. The van der Waals surface area contributed by atoms with Crippen molar-refractivity contribution in [2.24, 2.45) is 0 Å². The van der Waals surface area contributed by atoms with Gasteiger partial charge in [0.25, 0.3) is 5.91 Å². The number of benzene rings is 3. The molecule has 3 aromatic carbocycles. The van der Waals surface area contributed by atoms with E-state index in [-0.39, 0.29) is 12.2 Å². The maximum Gasteiger partial charge on any atom is 0.263 e. The highest BCUT2D eigenvalue weighted by atomic mass is 16.3. The number of fused-ring (bicyclic) bond motifs is 2. The van der Waals surface area contributed by atoms with Gasteiger partial charge in [0.15, 0.2) is 11.4 Å². The van der Waals surface area contributed by atoms with Crippen molar-refractivity contribution in [1.82, 2.24) is 0 Å². The maximum absolute atomic E-state index is 12.8. The van der Waals surface area contributed by atoms with Crippen molar-refractivity contribution in [3.05, 3.63) is 77.9 Å². The normalized spacial score (nSPS) is 19.3. The summed E-state index contributed by atoms with van der Waals surface area (Å²) in [6.07, 6.45) is -0.272. The smallest absolute Gasteiger partial charge is 0.263 e. The number of aliphatic hydroxyl groups is 1. The number of carbonyl (C=O) groups excluding carboxylic acids is 2. The molecule has 1 heterocycles. The summed E-state index contributed by atoms with van der Waals surface area (Å²) in [5.41, 5.74) is -0.196. The summed E-state index contributed by atoms with van der Waals surface area (Å²) >= 11 is 0. The average Bonchev–Trinajstić information content (AvgIpc) is 2.83. The highest BCUT2D eigenvalue weighted by Gasteiger charge is 2.49. The first-order valence-electron chi connectivity index (χ1n) is 8.13. The topological polar surface area (TPSA) is 57.6 Å². The highest BCUT2D eigenvalue weighted by Crippen LogP contribution is 2.42. The van der Waals surface area contributed by atoms with E-state index in [0.717, 1.165) is 10.8 Å². The van der Waals surface area contributed by atoms with Crippen LogP contribution in [0.5, 0.6) is 0 Å². The molecular formula is C21H17NO3. The highest BCUT2D eigenvalue weighted by molar-refractivity contribution is 6.11. The molecule has 0 saturated heterocycles. The van der Waals surface area contributed by atoms with Crippen molar-refractivity contribution in [2.75, 3.05) is 11.9 Å². The molecule has 4 heteroatoms. The minimum atomic E-state index is -1.81. The van der Waals surface area contributed by atoms with Crippen LogP contribution in [-0.4, -0.2) is 23.8 Å². The fourth-order valence-corrected chi connectivity index (χ4v) is 3.49. The third-order valence-corrected chi connectivity index (χ3v) is 4.86. The van der Waals surface area contributed by atoms with Crippen LogP contribution in [0.4, 0.5) is 5.69 Å². The number of hydrogen-bond donors (Lipinski definition) is 1. The number of carbonyl (C=O) groups is 2. The van der Waals surface area contributed by atoms with Crippen molar-refractivity contribution < 1.29 is 14.7 Å². The fraction of sp³-hybridized carbons (Fsp3) is 0.143. The molecule has 4 rings (SSSR count). The summed E-state index contributed by atoms with van der Waals surface area (Å²) in [5, 5.41) is 13.0. The second kappa shape index (κ2) is 5.53. The Kier molecular flexibility index (Phi) is 3.44. The van der Waals surface area contributed by atoms with Gasteiger partial charge in [-0.25, -0.2) is 0 Å². The Bertz CT molecular complexity index is 1010. The Balaban J connectivity index is 1.71. The van der Waals surface area contributed by atoms with Crippen LogP contribution >= 0.6 is 0 Å². The summed E-state index contributed by atoms with van der Waals surface area (Å²) in [4.78, 5) is 26.8. The standard InChI is InChI=1S/C21H17NO3/c1-22-18-9-5-4-8-17(18)21(25,20(22)24)13-19(23)16-11-10-14-6-2-3-7-15(14)12-16/h2-12,25H,13H2,1H3/t21-/m1/s1. The maximum atomic E-state index is 12.8. The molecule has 0 saturated carbocycles. The van der Waals surface area contributed by atoms with E-state index in [4.69, 9.17) is 0 Å². The molecule has 1 aliphatic heterocycles. The van der Waals surface area contributed by atoms with E-state index in [2.05, 4.69) is 0 Å². The van der Waals surface area contributed by atoms with E-state index in [1.165, 1.54) is 4.90 Å². The lowest BCUT2D eigenvalue weighted by Gasteiger charge is -2.21. The number of hydrogen-bond acceptors (Lipinski definition) is 3.